The number of benzene rings is 3. The van der Waals surface area contributed by atoms with Crippen LogP contribution in [0.4, 0.5) is 24.5 Å². The summed E-state index contributed by atoms with van der Waals surface area (Å²) in [6.07, 6.45) is -3.96. The van der Waals surface area contributed by atoms with Crippen LogP contribution < -0.4 is 20.1 Å². The van der Waals surface area contributed by atoms with Gasteiger partial charge in [-0.15, -0.1) is 0 Å². The van der Waals surface area contributed by atoms with E-state index in [9.17, 15) is 22.2 Å². The summed E-state index contributed by atoms with van der Waals surface area (Å²) >= 11 is 0. The van der Waals surface area contributed by atoms with Gasteiger partial charge in [-0.05, 0) is 42.8 Å². The van der Waals surface area contributed by atoms with Gasteiger partial charge in [0.1, 0.15) is 10.6 Å². The lowest BCUT2D eigenvalue weighted by atomic mass is 10.1. The van der Waals surface area contributed by atoms with Gasteiger partial charge in [0.15, 0.2) is 15.7 Å². The molecule has 0 radical (unpaired) electrons. The van der Waals surface area contributed by atoms with Crippen molar-refractivity contribution in [3.8, 4) is 11.5 Å². The standard InChI is InChI=1S/C26H29F3N4O3S/c1-2-3-15-31-22-17-19(25(34)32-16-14-26(27,28)29)18-23(24(22)36-21-12-8-5-9-13-21)37(30,35)33-20-10-6-4-7-11-20/h4-13,17-18,31H,2-3,14-16H2,1H3,(H,32,34)(H2,30,33,35). The quantitative estimate of drug-likeness (QED) is 0.192. The Morgan fingerprint density at radius 3 is 2.27 bits per heavy atom. The number of para-hydroxylation sites is 2. The molecule has 0 aliphatic rings. The Kier molecular flexibility index (Phi) is 9.40. The van der Waals surface area contributed by atoms with E-state index in [1.165, 1.54) is 12.1 Å². The molecule has 4 N–H and O–H groups in total. The highest BCUT2D eigenvalue weighted by Crippen LogP contribution is 2.38. The van der Waals surface area contributed by atoms with Gasteiger partial charge >= 0.3 is 6.18 Å². The fourth-order valence-electron chi connectivity index (χ4n) is 3.34. The van der Waals surface area contributed by atoms with Crippen LogP contribution in [0.5, 0.6) is 11.5 Å². The number of hydrogen-bond acceptors (Lipinski definition) is 5. The molecule has 1 amide bonds. The molecule has 198 valence electrons. The number of alkyl halides is 3. The molecular weight excluding hydrogens is 505 g/mol. The number of anilines is 2. The SMILES string of the molecule is CCCCNc1cc(C(=O)NCCC(F)(F)F)cc(S(=N)(=O)Nc2ccccc2)c1Oc1ccccc1. The fourth-order valence-corrected chi connectivity index (χ4v) is 4.62. The summed E-state index contributed by atoms with van der Waals surface area (Å²) < 4.78 is 69.0. The van der Waals surface area contributed by atoms with Gasteiger partial charge in [0, 0.05) is 24.3 Å². The Hall–Kier alpha value is -3.73. The highest BCUT2D eigenvalue weighted by Gasteiger charge is 2.28. The van der Waals surface area contributed by atoms with E-state index < -0.39 is 35.0 Å². The van der Waals surface area contributed by atoms with Crippen LogP contribution in [0.3, 0.4) is 0 Å². The second-order valence-electron chi connectivity index (χ2n) is 8.19. The first-order valence-corrected chi connectivity index (χ1v) is 13.3. The number of unbranched alkanes of at least 4 members (excludes halogenated alkanes) is 1. The summed E-state index contributed by atoms with van der Waals surface area (Å²) in [5, 5.41) is 5.41. The zero-order chi connectivity index (χ0) is 26.9. The van der Waals surface area contributed by atoms with Crippen molar-refractivity contribution in [1.29, 1.82) is 4.78 Å². The molecule has 0 aliphatic heterocycles. The molecule has 0 saturated heterocycles. The maximum atomic E-state index is 13.7. The van der Waals surface area contributed by atoms with E-state index in [1.54, 1.807) is 60.7 Å². The van der Waals surface area contributed by atoms with Crippen molar-refractivity contribution in [3.63, 3.8) is 0 Å². The third kappa shape index (κ3) is 8.42. The lowest BCUT2D eigenvalue weighted by Crippen LogP contribution is -2.28. The largest absolute Gasteiger partial charge is 0.454 e. The number of rotatable bonds is 12. The van der Waals surface area contributed by atoms with Crippen molar-refractivity contribution in [2.24, 2.45) is 0 Å². The van der Waals surface area contributed by atoms with E-state index in [2.05, 4.69) is 15.4 Å². The van der Waals surface area contributed by atoms with Gasteiger partial charge in [-0.25, -0.2) is 8.99 Å². The van der Waals surface area contributed by atoms with Crippen molar-refractivity contribution in [1.82, 2.24) is 5.32 Å². The Bertz CT molecular complexity index is 1290. The summed E-state index contributed by atoms with van der Waals surface area (Å²) in [7, 11) is -3.79. The molecule has 1 unspecified atom stereocenters. The summed E-state index contributed by atoms with van der Waals surface area (Å²) in [6.45, 7) is 1.88. The molecule has 0 spiro atoms. The molecule has 3 aromatic carbocycles. The average molecular weight is 535 g/mol. The van der Waals surface area contributed by atoms with Crippen molar-refractivity contribution < 1.29 is 26.9 Å². The summed E-state index contributed by atoms with van der Waals surface area (Å²) in [6, 6.07) is 19.8. The van der Waals surface area contributed by atoms with Crippen LogP contribution in [0, 0.1) is 4.78 Å². The smallest absolute Gasteiger partial charge is 0.390 e. The molecule has 3 aromatic rings. The minimum Gasteiger partial charge on any atom is -0.454 e. The number of hydrogen-bond donors (Lipinski definition) is 4. The van der Waals surface area contributed by atoms with Gasteiger partial charge in [-0.3, -0.25) is 9.52 Å². The number of halogens is 3. The van der Waals surface area contributed by atoms with Crippen LogP contribution in [0.2, 0.25) is 0 Å². The third-order valence-corrected chi connectivity index (χ3v) is 6.61. The van der Waals surface area contributed by atoms with E-state index in [-0.39, 0.29) is 16.2 Å². The Labute approximate surface area is 214 Å². The van der Waals surface area contributed by atoms with Crippen LogP contribution >= 0.6 is 0 Å². The van der Waals surface area contributed by atoms with Gasteiger partial charge < -0.3 is 15.4 Å². The monoisotopic (exact) mass is 534 g/mol. The predicted molar refractivity (Wildman–Crippen MR) is 139 cm³/mol. The van der Waals surface area contributed by atoms with Gasteiger partial charge in [0.25, 0.3) is 5.91 Å². The number of ether oxygens (including phenoxy) is 1. The van der Waals surface area contributed by atoms with Crippen LogP contribution in [0.1, 0.15) is 36.5 Å². The summed E-state index contributed by atoms with van der Waals surface area (Å²) in [4.78, 5) is 12.7. The van der Waals surface area contributed by atoms with Gasteiger partial charge in [0.05, 0.1) is 12.1 Å². The normalized spacial score (nSPS) is 12.9. The first-order chi connectivity index (χ1) is 17.6. The average Bonchev–Trinajstić information content (AvgIpc) is 2.85. The van der Waals surface area contributed by atoms with Crippen molar-refractivity contribution in [3.05, 3.63) is 78.4 Å². The zero-order valence-electron chi connectivity index (χ0n) is 20.2. The summed E-state index contributed by atoms with van der Waals surface area (Å²) in [5.41, 5.74) is 0.658. The van der Waals surface area contributed by atoms with Crippen molar-refractivity contribution >= 4 is 27.2 Å². The number of carbonyl (C=O) groups is 1. The third-order valence-electron chi connectivity index (χ3n) is 5.17. The van der Waals surface area contributed by atoms with Crippen LogP contribution in [0.15, 0.2) is 77.7 Å². The van der Waals surface area contributed by atoms with E-state index in [0.717, 1.165) is 12.8 Å². The fraction of sp³-hybridized carbons (Fsp3) is 0.269. The maximum absolute atomic E-state index is 13.7. The highest BCUT2D eigenvalue weighted by molar-refractivity contribution is 7.93. The number of amides is 1. The zero-order valence-corrected chi connectivity index (χ0v) is 21.0. The van der Waals surface area contributed by atoms with Gasteiger partial charge in [0.2, 0.25) is 0 Å². The summed E-state index contributed by atoms with van der Waals surface area (Å²) in [5.74, 6) is -0.289. The lowest BCUT2D eigenvalue weighted by molar-refractivity contribution is -0.132. The second kappa shape index (κ2) is 12.5. The van der Waals surface area contributed by atoms with E-state index >= 15 is 0 Å². The molecule has 0 aromatic heterocycles. The second-order valence-corrected chi connectivity index (χ2v) is 9.95. The predicted octanol–water partition coefficient (Wildman–Crippen LogP) is 6.81. The van der Waals surface area contributed by atoms with Crippen LogP contribution in [0.25, 0.3) is 0 Å². The minimum absolute atomic E-state index is 0.0496. The molecular formula is C26H29F3N4O3S. The molecule has 37 heavy (non-hydrogen) atoms. The Morgan fingerprint density at radius 1 is 1.00 bits per heavy atom. The van der Waals surface area contributed by atoms with E-state index in [0.29, 0.717) is 23.7 Å². The van der Waals surface area contributed by atoms with Gasteiger partial charge in [-0.1, -0.05) is 49.7 Å². The molecule has 0 bridgehead atoms. The molecule has 1 atom stereocenters. The van der Waals surface area contributed by atoms with Crippen LogP contribution in [-0.2, 0) is 9.92 Å². The molecule has 7 nitrogen and oxygen atoms in total. The minimum atomic E-state index is -4.42. The van der Waals surface area contributed by atoms with Gasteiger partial charge in [-0.2, -0.15) is 13.2 Å². The lowest BCUT2D eigenvalue weighted by Gasteiger charge is -2.21. The first kappa shape index (κ1) is 27.9. The first-order valence-electron chi connectivity index (χ1n) is 11.7. The Balaban J connectivity index is 2.08. The molecule has 0 fully saturated rings. The highest BCUT2D eigenvalue weighted by atomic mass is 32.2. The van der Waals surface area contributed by atoms with Crippen molar-refractivity contribution in [2.75, 3.05) is 23.1 Å². The maximum Gasteiger partial charge on any atom is 0.390 e. The molecule has 11 heteroatoms. The van der Waals surface area contributed by atoms with Crippen molar-refractivity contribution in [2.45, 2.75) is 37.3 Å². The van der Waals surface area contributed by atoms with E-state index in [4.69, 9.17) is 9.52 Å². The molecule has 0 heterocycles. The molecule has 3 rings (SSSR count). The number of carbonyl (C=O) groups excluding carboxylic acids is 1. The van der Waals surface area contributed by atoms with E-state index in [1.807, 2.05) is 6.92 Å². The Morgan fingerprint density at radius 2 is 1.65 bits per heavy atom. The van der Waals surface area contributed by atoms with Crippen LogP contribution in [-0.4, -0.2) is 29.4 Å². The molecule has 0 aliphatic carbocycles. The number of nitrogens with one attached hydrogen (secondary N) is 4. The topological polar surface area (TPSA) is 103 Å². The molecule has 0 saturated carbocycles.